The Kier molecular flexibility index (Phi) is 3.82. The molecule has 3 aromatic rings. The number of aromatic nitrogens is 3. The van der Waals surface area contributed by atoms with E-state index in [0.717, 1.165) is 16.8 Å². The van der Waals surface area contributed by atoms with Crippen LogP contribution in [0.25, 0.3) is 0 Å². The normalized spacial score (nSPS) is 11.9. The first-order valence-corrected chi connectivity index (χ1v) is 6.50. The summed E-state index contributed by atoms with van der Waals surface area (Å²) < 4.78 is 13.1. The topological polar surface area (TPSA) is 50.7 Å². The van der Waals surface area contributed by atoms with Crippen LogP contribution in [0.3, 0.4) is 0 Å². The standard InChI is InChI=1S/C16H13FN4/c17-14-3-1-12(2-4-14)16(13-5-7-18-8-6-13)21-15-9-19-11-20-10-15/h1-11,16,21H. The van der Waals surface area contributed by atoms with Crippen molar-refractivity contribution < 1.29 is 4.39 Å². The fourth-order valence-corrected chi connectivity index (χ4v) is 2.11. The Bertz CT molecular complexity index is 686. The second kappa shape index (κ2) is 6.09. The van der Waals surface area contributed by atoms with Gasteiger partial charge in [-0.3, -0.25) is 4.98 Å². The Morgan fingerprint density at radius 1 is 0.810 bits per heavy atom. The minimum atomic E-state index is -0.254. The maximum atomic E-state index is 13.1. The molecule has 1 aromatic carbocycles. The minimum Gasteiger partial charge on any atom is -0.372 e. The Hall–Kier alpha value is -2.82. The van der Waals surface area contributed by atoms with Crippen LogP contribution < -0.4 is 5.32 Å². The lowest BCUT2D eigenvalue weighted by Gasteiger charge is -2.20. The van der Waals surface area contributed by atoms with Gasteiger partial charge in [0.1, 0.15) is 12.1 Å². The molecule has 1 unspecified atom stereocenters. The molecule has 4 nitrogen and oxygen atoms in total. The second-order valence-corrected chi connectivity index (χ2v) is 4.54. The van der Waals surface area contributed by atoms with Gasteiger partial charge in [0.05, 0.1) is 24.1 Å². The highest BCUT2D eigenvalue weighted by molar-refractivity contribution is 5.45. The fourth-order valence-electron chi connectivity index (χ4n) is 2.11. The van der Waals surface area contributed by atoms with Crippen molar-refractivity contribution in [2.75, 3.05) is 5.32 Å². The van der Waals surface area contributed by atoms with E-state index in [0.29, 0.717) is 0 Å². The zero-order valence-corrected chi connectivity index (χ0v) is 11.1. The van der Waals surface area contributed by atoms with E-state index in [-0.39, 0.29) is 11.9 Å². The van der Waals surface area contributed by atoms with Crippen molar-refractivity contribution >= 4 is 5.69 Å². The molecule has 0 spiro atoms. The molecule has 3 rings (SSSR count). The van der Waals surface area contributed by atoms with E-state index in [1.165, 1.54) is 18.5 Å². The van der Waals surface area contributed by atoms with Gasteiger partial charge < -0.3 is 5.32 Å². The van der Waals surface area contributed by atoms with Gasteiger partial charge in [0.2, 0.25) is 0 Å². The van der Waals surface area contributed by atoms with Crippen LogP contribution >= 0.6 is 0 Å². The predicted octanol–water partition coefficient (Wildman–Crippen LogP) is 3.21. The van der Waals surface area contributed by atoms with Crippen molar-refractivity contribution in [3.05, 3.63) is 84.5 Å². The molecule has 0 amide bonds. The average molecular weight is 280 g/mol. The number of rotatable bonds is 4. The van der Waals surface area contributed by atoms with E-state index in [9.17, 15) is 4.39 Å². The summed E-state index contributed by atoms with van der Waals surface area (Å²) in [5.74, 6) is -0.254. The summed E-state index contributed by atoms with van der Waals surface area (Å²) in [5, 5.41) is 3.36. The van der Waals surface area contributed by atoms with Gasteiger partial charge in [-0.1, -0.05) is 12.1 Å². The maximum absolute atomic E-state index is 13.1. The summed E-state index contributed by atoms with van der Waals surface area (Å²) in [4.78, 5) is 12.0. The smallest absolute Gasteiger partial charge is 0.123 e. The quantitative estimate of drug-likeness (QED) is 0.797. The highest BCUT2D eigenvalue weighted by Crippen LogP contribution is 2.25. The first kappa shape index (κ1) is 13.2. The van der Waals surface area contributed by atoms with Crippen molar-refractivity contribution in [1.82, 2.24) is 15.0 Å². The van der Waals surface area contributed by atoms with E-state index in [1.807, 2.05) is 12.1 Å². The summed E-state index contributed by atoms with van der Waals surface area (Å²) in [6.07, 6.45) is 8.34. The molecule has 0 aliphatic carbocycles. The lowest BCUT2D eigenvalue weighted by Crippen LogP contribution is -2.12. The largest absolute Gasteiger partial charge is 0.372 e. The van der Waals surface area contributed by atoms with Gasteiger partial charge >= 0.3 is 0 Å². The number of pyridine rings is 1. The van der Waals surface area contributed by atoms with E-state index in [2.05, 4.69) is 20.3 Å². The maximum Gasteiger partial charge on any atom is 0.123 e. The van der Waals surface area contributed by atoms with Gasteiger partial charge in [0.25, 0.3) is 0 Å². The Balaban J connectivity index is 1.97. The van der Waals surface area contributed by atoms with E-state index >= 15 is 0 Å². The van der Waals surface area contributed by atoms with Crippen LogP contribution in [-0.4, -0.2) is 15.0 Å². The van der Waals surface area contributed by atoms with Gasteiger partial charge in [-0.2, -0.15) is 0 Å². The molecular formula is C16H13FN4. The van der Waals surface area contributed by atoms with Gasteiger partial charge in [-0.15, -0.1) is 0 Å². The van der Waals surface area contributed by atoms with E-state index in [4.69, 9.17) is 0 Å². The van der Waals surface area contributed by atoms with Crippen LogP contribution in [-0.2, 0) is 0 Å². The lowest BCUT2D eigenvalue weighted by molar-refractivity contribution is 0.626. The molecule has 0 radical (unpaired) electrons. The molecular weight excluding hydrogens is 267 g/mol. The first-order valence-electron chi connectivity index (χ1n) is 6.50. The molecule has 2 heterocycles. The molecule has 5 heteroatoms. The summed E-state index contributed by atoms with van der Waals surface area (Å²) >= 11 is 0. The second-order valence-electron chi connectivity index (χ2n) is 4.54. The number of hydrogen-bond donors (Lipinski definition) is 1. The number of nitrogens with zero attached hydrogens (tertiary/aromatic N) is 3. The van der Waals surface area contributed by atoms with Crippen molar-refractivity contribution in [2.24, 2.45) is 0 Å². The van der Waals surface area contributed by atoms with Crippen molar-refractivity contribution in [1.29, 1.82) is 0 Å². The predicted molar refractivity (Wildman–Crippen MR) is 78.1 cm³/mol. The fraction of sp³-hybridized carbons (Fsp3) is 0.0625. The zero-order chi connectivity index (χ0) is 14.5. The summed E-state index contributed by atoms with van der Waals surface area (Å²) in [5.41, 5.74) is 2.77. The molecule has 1 N–H and O–H groups in total. The zero-order valence-electron chi connectivity index (χ0n) is 11.1. The van der Waals surface area contributed by atoms with Gasteiger partial charge in [0, 0.05) is 12.4 Å². The van der Waals surface area contributed by atoms with Crippen LogP contribution in [0.2, 0.25) is 0 Å². The van der Waals surface area contributed by atoms with Gasteiger partial charge in [-0.25, -0.2) is 14.4 Å². The van der Waals surface area contributed by atoms with E-state index < -0.39 is 0 Å². The van der Waals surface area contributed by atoms with Gasteiger partial charge in [-0.05, 0) is 35.4 Å². The molecule has 1 atom stereocenters. The first-order chi connectivity index (χ1) is 10.3. The van der Waals surface area contributed by atoms with Crippen LogP contribution in [0.5, 0.6) is 0 Å². The molecule has 21 heavy (non-hydrogen) atoms. The van der Waals surface area contributed by atoms with Gasteiger partial charge in [0.15, 0.2) is 0 Å². The number of anilines is 1. The Labute approximate surface area is 121 Å². The monoisotopic (exact) mass is 280 g/mol. The third kappa shape index (κ3) is 3.20. The van der Waals surface area contributed by atoms with Crippen molar-refractivity contribution in [2.45, 2.75) is 6.04 Å². The Morgan fingerprint density at radius 3 is 2.10 bits per heavy atom. The molecule has 0 fully saturated rings. The minimum absolute atomic E-state index is 0.125. The number of nitrogens with one attached hydrogen (secondary N) is 1. The van der Waals surface area contributed by atoms with Crippen LogP contribution in [0.15, 0.2) is 67.5 Å². The highest BCUT2D eigenvalue weighted by atomic mass is 19.1. The molecule has 104 valence electrons. The van der Waals surface area contributed by atoms with Crippen LogP contribution in [0, 0.1) is 5.82 Å². The van der Waals surface area contributed by atoms with Crippen molar-refractivity contribution in [3.8, 4) is 0 Å². The number of benzene rings is 1. The molecule has 0 saturated heterocycles. The highest BCUT2D eigenvalue weighted by Gasteiger charge is 2.14. The van der Waals surface area contributed by atoms with Crippen LogP contribution in [0.4, 0.5) is 10.1 Å². The average Bonchev–Trinajstić information content (AvgIpc) is 2.55. The molecule has 0 aliphatic rings. The Morgan fingerprint density at radius 2 is 1.43 bits per heavy atom. The molecule has 0 bridgehead atoms. The summed E-state index contributed by atoms with van der Waals surface area (Å²) in [7, 11) is 0. The number of hydrogen-bond acceptors (Lipinski definition) is 4. The molecule has 2 aromatic heterocycles. The summed E-state index contributed by atoms with van der Waals surface area (Å²) in [6, 6.07) is 10.1. The van der Waals surface area contributed by atoms with E-state index in [1.54, 1.807) is 36.9 Å². The SMILES string of the molecule is Fc1ccc(C(Nc2cncnc2)c2ccncc2)cc1. The third-order valence-electron chi connectivity index (χ3n) is 3.11. The van der Waals surface area contributed by atoms with Crippen LogP contribution in [0.1, 0.15) is 17.2 Å². The summed E-state index contributed by atoms with van der Waals surface area (Å²) in [6.45, 7) is 0. The third-order valence-corrected chi connectivity index (χ3v) is 3.11. The molecule has 0 aliphatic heterocycles. The number of halogens is 1. The molecule has 0 saturated carbocycles. The van der Waals surface area contributed by atoms with Crippen molar-refractivity contribution in [3.63, 3.8) is 0 Å². The lowest BCUT2D eigenvalue weighted by atomic mass is 9.99.